The van der Waals surface area contributed by atoms with Crippen molar-refractivity contribution in [3.63, 3.8) is 0 Å². The fraction of sp³-hybridized carbons (Fsp3) is 0.214. The van der Waals surface area contributed by atoms with Crippen LogP contribution in [0.1, 0.15) is 25.5 Å². The molecular formula is C14H17FeNO. The number of hydrogen-bond acceptors (Lipinski definition) is 1. The van der Waals surface area contributed by atoms with E-state index in [1.54, 1.807) is 0 Å². The van der Waals surface area contributed by atoms with Crippen LogP contribution in [-0.4, -0.2) is 5.91 Å². The fourth-order valence-corrected chi connectivity index (χ4v) is 1.39. The topological polar surface area (TPSA) is 29.1 Å². The molecule has 92 valence electrons. The van der Waals surface area contributed by atoms with Crippen molar-refractivity contribution in [2.45, 2.75) is 19.9 Å². The van der Waals surface area contributed by atoms with Crippen LogP contribution in [0.3, 0.4) is 0 Å². The van der Waals surface area contributed by atoms with Gasteiger partial charge in [-0.1, -0.05) is 6.92 Å². The molecule has 0 aliphatic carbocycles. The third-order valence-corrected chi connectivity index (χ3v) is 2.16. The van der Waals surface area contributed by atoms with Crippen LogP contribution in [0.25, 0.3) is 0 Å². The number of amides is 1. The van der Waals surface area contributed by atoms with E-state index in [0.29, 0.717) is 0 Å². The Kier molecular flexibility index (Phi) is 8.12. The van der Waals surface area contributed by atoms with Gasteiger partial charge in [0.15, 0.2) is 0 Å². The molecule has 3 heteroatoms. The molecule has 0 bridgehead atoms. The second-order valence-electron chi connectivity index (χ2n) is 3.60. The summed E-state index contributed by atoms with van der Waals surface area (Å²) in [5.41, 5.74) is 1.15. The fourth-order valence-electron chi connectivity index (χ4n) is 1.39. The number of nitrogens with one attached hydrogen (secondary N) is 1. The molecule has 0 aromatic heterocycles. The van der Waals surface area contributed by atoms with E-state index in [2.05, 4.69) is 5.32 Å². The van der Waals surface area contributed by atoms with E-state index in [9.17, 15) is 4.79 Å². The van der Waals surface area contributed by atoms with E-state index in [1.807, 2.05) is 61.5 Å². The summed E-state index contributed by atoms with van der Waals surface area (Å²) in [5, 5.41) is 2.81. The van der Waals surface area contributed by atoms with Crippen molar-refractivity contribution in [1.29, 1.82) is 0 Å². The molecule has 0 fully saturated rings. The molecule has 17 heavy (non-hydrogen) atoms. The standard InChI is InChI=1S/C9H12NO.C5H5.Fe/c1-7(10-8(2)11)9-5-3-4-6-9;1-2-4-5-3-1;/h3-7H,1-2H3,(H,10,11);1-5H;/q2*-1;+2. The van der Waals surface area contributed by atoms with Crippen molar-refractivity contribution < 1.29 is 21.9 Å². The number of rotatable bonds is 2. The van der Waals surface area contributed by atoms with Crippen LogP contribution in [0.5, 0.6) is 0 Å². The van der Waals surface area contributed by atoms with Gasteiger partial charge in [-0.3, -0.25) is 4.79 Å². The summed E-state index contributed by atoms with van der Waals surface area (Å²) in [6.07, 6.45) is 0. The summed E-state index contributed by atoms with van der Waals surface area (Å²) in [7, 11) is 0. The van der Waals surface area contributed by atoms with E-state index in [1.165, 1.54) is 6.92 Å². The zero-order valence-corrected chi connectivity index (χ0v) is 11.1. The second-order valence-corrected chi connectivity index (χ2v) is 3.60. The molecular weight excluding hydrogens is 254 g/mol. The monoisotopic (exact) mass is 271 g/mol. The van der Waals surface area contributed by atoms with Gasteiger partial charge in [-0.05, 0) is 0 Å². The van der Waals surface area contributed by atoms with Crippen molar-refractivity contribution in [2.24, 2.45) is 0 Å². The predicted molar refractivity (Wildman–Crippen MR) is 66.3 cm³/mol. The van der Waals surface area contributed by atoms with E-state index in [4.69, 9.17) is 0 Å². The minimum absolute atomic E-state index is 0. The molecule has 1 amide bonds. The molecule has 0 aliphatic heterocycles. The molecule has 0 saturated carbocycles. The molecule has 0 aliphatic rings. The summed E-state index contributed by atoms with van der Waals surface area (Å²) in [6.45, 7) is 3.50. The molecule has 2 rings (SSSR count). The summed E-state index contributed by atoms with van der Waals surface area (Å²) in [6, 6.07) is 18.1. The maximum atomic E-state index is 10.6. The van der Waals surface area contributed by atoms with Crippen LogP contribution in [0, 0.1) is 0 Å². The Balaban J connectivity index is 0.000000360. The van der Waals surface area contributed by atoms with Gasteiger partial charge in [0.2, 0.25) is 5.91 Å². The first-order chi connectivity index (χ1) is 7.70. The third-order valence-electron chi connectivity index (χ3n) is 2.16. The van der Waals surface area contributed by atoms with Gasteiger partial charge < -0.3 is 5.32 Å². The maximum Gasteiger partial charge on any atom is 2.00 e. The molecule has 2 aromatic rings. The Morgan fingerprint density at radius 2 is 1.71 bits per heavy atom. The Morgan fingerprint density at radius 1 is 1.18 bits per heavy atom. The van der Waals surface area contributed by atoms with Crippen LogP contribution in [0.4, 0.5) is 0 Å². The first-order valence-corrected chi connectivity index (χ1v) is 5.35. The van der Waals surface area contributed by atoms with Crippen molar-refractivity contribution in [1.82, 2.24) is 5.32 Å². The third kappa shape index (κ3) is 6.77. The molecule has 2 nitrogen and oxygen atoms in total. The smallest absolute Gasteiger partial charge is 0.361 e. The zero-order valence-electron chi connectivity index (χ0n) is 10.0. The number of carbonyl (C=O) groups excluding carboxylic acids is 1. The van der Waals surface area contributed by atoms with Gasteiger partial charge in [-0.25, -0.2) is 24.3 Å². The van der Waals surface area contributed by atoms with Crippen molar-refractivity contribution in [3.8, 4) is 0 Å². The average molecular weight is 271 g/mol. The van der Waals surface area contributed by atoms with Crippen LogP contribution in [-0.2, 0) is 21.9 Å². The molecule has 1 unspecified atom stereocenters. The molecule has 0 radical (unpaired) electrons. The second kappa shape index (κ2) is 8.80. The molecule has 2 aromatic carbocycles. The minimum atomic E-state index is 0. The summed E-state index contributed by atoms with van der Waals surface area (Å²) < 4.78 is 0. The van der Waals surface area contributed by atoms with E-state index < -0.39 is 0 Å². The SMILES string of the molecule is CC(=O)NC(C)[c-]1cccc1.[Fe+2].c1cc[cH-]c1. The summed E-state index contributed by atoms with van der Waals surface area (Å²) in [4.78, 5) is 10.6. The first kappa shape index (κ1) is 15.7. The van der Waals surface area contributed by atoms with Gasteiger partial charge in [0, 0.05) is 13.0 Å². The molecule has 1 atom stereocenters. The van der Waals surface area contributed by atoms with Crippen LogP contribution in [0.15, 0.2) is 54.6 Å². The molecule has 0 spiro atoms. The quantitative estimate of drug-likeness (QED) is 0.660. The first-order valence-electron chi connectivity index (χ1n) is 5.35. The largest absolute Gasteiger partial charge is 2.00 e. The van der Waals surface area contributed by atoms with Crippen molar-refractivity contribution in [3.05, 3.63) is 60.2 Å². The van der Waals surface area contributed by atoms with Gasteiger partial charge in [-0.15, -0.1) is 5.56 Å². The summed E-state index contributed by atoms with van der Waals surface area (Å²) >= 11 is 0. The van der Waals surface area contributed by atoms with Gasteiger partial charge in [0.05, 0.1) is 0 Å². The Labute approximate surface area is 113 Å². The molecule has 1 N–H and O–H groups in total. The average Bonchev–Trinajstić information content (AvgIpc) is 2.94. The Morgan fingerprint density at radius 3 is 2.06 bits per heavy atom. The van der Waals surface area contributed by atoms with Crippen molar-refractivity contribution in [2.75, 3.05) is 0 Å². The van der Waals surface area contributed by atoms with Crippen molar-refractivity contribution >= 4 is 5.91 Å². The van der Waals surface area contributed by atoms with Gasteiger partial charge in [0.1, 0.15) is 0 Å². The van der Waals surface area contributed by atoms with Crippen LogP contribution in [0.2, 0.25) is 0 Å². The van der Waals surface area contributed by atoms with Crippen LogP contribution < -0.4 is 5.32 Å². The normalized spacial score (nSPS) is 10.5. The van der Waals surface area contributed by atoms with E-state index in [-0.39, 0.29) is 29.0 Å². The number of hydrogen-bond donors (Lipinski definition) is 1. The van der Waals surface area contributed by atoms with Gasteiger partial charge >= 0.3 is 17.1 Å². The summed E-state index contributed by atoms with van der Waals surface area (Å²) in [5.74, 6) is 0.0127. The maximum absolute atomic E-state index is 10.6. The van der Waals surface area contributed by atoms with Gasteiger partial charge in [0.25, 0.3) is 0 Å². The molecule has 0 heterocycles. The minimum Gasteiger partial charge on any atom is -0.361 e. The Hall–Kier alpha value is -1.31. The predicted octanol–water partition coefficient (Wildman–Crippen LogP) is 3.01. The Bertz CT molecular complexity index is 361. The molecule has 0 saturated heterocycles. The van der Waals surface area contributed by atoms with Crippen LogP contribution >= 0.6 is 0 Å². The van der Waals surface area contributed by atoms with E-state index >= 15 is 0 Å². The number of carbonyl (C=O) groups is 1. The van der Waals surface area contributed by atoms with E-state index in [0.717, 1.165) is 5.56 Å². The van der Waals surface area contributed by atoms with Gasteiger partial charge in [-0.2, -0.15) is 30.3 Å². The zero-order chi connectivity index (χ0) is 11.8.